The van der Waals surface area contributed by atoms with E-state index in [0.29, 0.717) is 0 Å². The molecule has 0 amide bonds. The predicted octanol–water partition coefficient (Wildman–Crippen LogP) is 1.87. The van der Waals surface area contributed by atoms with Crippen molar-refractivity contribution in [1.82, 2.24) is 10.2 Å². The van der Waals surface area contributed by atoms with Crippen LogP contribution in [0.3, 0.4) is 0 Å². The highest BCUT2D eigenvalue weighted by molar-refractivity contribution is 4.86. The van der Waals surface area contributed by atoms with Crippen LogP contribution in [0.2, 0.25) is 0 Å². The van der Waals surface area contributed by atoms with Crippen LogP contribution in [0.15, 0.2) is 0 Å². The fourth-order valence-corrected chi connectivity index (χ4v) is 2.05. The molecule has 0 aromatic carbocycles. The van der Waals surface area contributed by atoms with E-state index in [1.807, 2.05) is 0 Å². The van der Waals surface area contributed by atoms with E-state index in [4.69, 9.17) is 0 Å². The molecule has 1 rings (SSSR count). The first-order valence-corrected chi connectivity index (χ1v) is 5.27. The molecule has 1 aliphatic heterocycles. The van der Waals surface area contributed by atoms with E-state index in [0.717, 1.165) is 26.1 Å². The maximum Gasteiger partial charge on any atom is 0.390 e. The maximum absolute atomic E-state index is 12.0. The lowest BCUT2D eigenvalue weighted by atomic mass is 9.89. The first-order valence-electron chi connectivity index (χ1n) is 5.27. The molecule has 90 valence electrons. The summed E-state index contributed by atoms with van der Waals surface area (Å²) >= 11 is 0. The molecule has 0 bridgehead atoms. The van der Waals surface area contributed by atoms with Gasteiger partial charge in [0.05, 0.1) is 6.42 Å². The molecule has 0 radical (unpaired) electrons. The van der Waals surface area contributed by atoms with Gasteiger partial charge >= 0.3 is 6.18 Å². The van der Waals surface area contributed by atoms with Gasteiger partial charge in [-0.15, -0.1) is 0 Å². The quantitative estimate of drug-likeness (QED) is 0.784. The Morgan fingerprint density at radius 1 is 1.40 bits per heavy atom. The minimum atomic E-state index is -4.04. The minimum absolute atomic E-state index is 0.0963. The van der Waals surface area contributed by atoms with Gasteiger partial charge in [-0.1, -0.05) is 6.92 Å². The van der Waals surface area contributed by atoms with Gasteiger partial charge in [-0.3, -0.25) is 0 Å². The molecule has 0 spiro atoms. The van der Waals surface area contributed by atoms with Gasteiger partial charge in [-0.2, -0.15) is 13.2 Å². The molecule has 1 saturated heterocycles. The van der Waals surface area contributed by atoms with Gasteiger partial charge in [0.15, 0.2) is 0 Å². The van der Waals surface area contributed by atoms with Crippen molar-refractivity contribution < 1.29 is 13.2 Å². The van der Waals surface area contributed by atoms with Crippen LogP contribution in [0, 0.1) is 5.41 Å². The van der Waals surface area contributed by atoms with E-state index in [2.05, 4.69) is 12.2 Å². The molecule has 0 saturated carbocycles. The lowest BCUT2D eigenvalue weighted by molar-refractivity contribution is -0.137. The van der Waals surface area contributed by atoms with E-state index in [9.17, 15) is 13.2 Å². The summed E-state index contributed by atoms with van der Waals surface area (Å²) in [6.07, 6.45) is -3.71. The molecule has 0 aromatic heterocycles. The third-order valence-electron chi connectivity index (χ3n) is 2.89. The lowest BCUT2D eigenvalue weighted by Crippen LogP contribution is -2.36. The summed E-state index contributed by atoms with van der Waals surface area (Å²) in [7, 11) is 1.76. The zero-order valence-electron chi connectivity index (χ0n) is 9.32. The summed E-state index contributed by atoms with van der Waals surface area (Å²) in [4.78, 5) is 1.78. The SMILES string of the molecule is CN(CCC(F)(F)F)CC1(C)CCNC1. The Morgan fingerprint density at radius 3 is 2.53 bits per heavy atom. The molecular formula is C10H19F3N2. The first-order chi connectivity index (χ1) is 6.81. The summed E-state index contributed by atoms with van der Waals surface area (Å²) in [6, 6.07) is 0. The Hall–Kier alpha value is -0.290. The van der Waals surface area contributed by atoms with Crippen molar-refractivity contribution in [1.29, 1.82) is 0 Å². The smallest absolute Gasteiger partial charge is 0.316 e. The topological polar surface area (TPSA) is 15.3 Å². The first kappa shape index (κ1) is 12.8. The van der Waals surface area contributed by atoms with Gasteiger partial charge in [0.1, 0.15) is 0 Å². The Bertz CT molecular complexity index is 197. The summed E-state index contributed by atoms with van der Waals surface area (Å²) in [6.45, 7) is 4.83. The van der Waals surface area contributed by atoms with Gasteiger partial charge in [0, 0.05) is 19.6 Å². The lowest BCUT2D eigenvalue weighted by Gasteiger charge is -2.29. The van der Waals surface area contributed by atoms with Crippen molar-refractivity contribution in [2.24, 2.45) is 5.41 Å². The van der Waals surface area contributed by atoms with Gasteiger partial charge in [0.25, 0.3) is 0 Å². The van der Waals surface area contributed by atoms with Crippen LogP contribution in [0.4, 0.5) is 13.2 Å². The second-order valence-electron chi connectivity index (χ2n) is 4.84. The molecule has 1 atom stereocenters. The highest BCUT2D eigenvalue weighted by Crippen LogP contribution is 2.26. The van der Waals surface area contributed by atoms with Crippen molar-refractivity contribution in [3.63, 3.8) is 0 Å². The van der Waals surface area contributed by atoms with Crippen LogP contribution < -0.4 is 5.32 Å². The van der Waals surface area contributed by atoms with Crippen LogP contribution in [0.1, 0.15) is 19.8 Å². The zero-order chi connectivity index (χ0) is 11.5. The monoisotopic (exact) mass is 224 g/mol. The maximum atomic E-state index is 12.0. The Kier molecular flexibility index (Phi) is 4.00. The summed E-state index contributed by atoms with van der Waals surface area (Å²) in [5, 5.41) is 3.24. The molecule has 0 aliphatic carbocycles. The van der Waals surface area contributed by atoms with E-state index in [1.54, 1.807) is 11.9 Å². The standard InChI is InChI=1S/C10H19F3N2/c1-9(3-5-14-7-9)8-15(2)6-4-10(11,12)13/h14H,3-8H2,1-2H3. The van der Waals surface area contributed by atoms with Crippen molar-refractivity contribution in [3.05, 3.63) is 0 Å². The third kappa shape index (κ3) is 4.84. The average molecular weight is 224 g/mol. The Morgan fingerprint density at radius 2 is 2.07 bits per heavy atom. The molecular weight excluding hydrogens is 205 g/mol. The molecule has 5 heteroatoms. The van der Waals surface area contributed by atoms with E-state index in [-0.39, 0.29) is 12.0 Å². The largest absolute Gasteiger partial charge is 0.390 e. The fraction of sp³-hybridized carbons (Fsp3) is 1.00. The average Bonchev–Trinajstić information content (AvgIpc) is 2.47. The predicted molar refractivity (Wildman–Crippen MR) is 53.8 cm³/mol. The van der Waals surface area contributed by atoms with E-state index < -0.39 is 12.6 Å². The molecule has 1 heterocycles. The number of hydrogen-bond acceptors (Lipinski definition) is 2. The molecule has 15 heavy (non-hydrogen) atoms. The Labute approximate surface area is 88.8 Å². The molecule has 1 aliphatic rings. The summed E-state index contributed by atoms with van der Waals surface area (Å²) < 4.78 is 36.0. The van der Waals surface area contributed by atoms with E-state index >= 15 is 0 Å². The number of rotatable bonds is 4. The number of halogens is 3. The van der Waals surface area contributed by atoms with Crippen molar-refractivity contribution in [3.8, 4) is 0 Å². The van der Waals surface area contributed by atoms with Gasteiger partial charge in [-0.05, 0) is 25.4 Å². The molecule has 2 nitrogen and oxygen atoms in total. The number of nitrogens with one attached hydrogen (secondary N) is 1. The molecule has 1 unspecified atom stereocenters. The van der Waals surface area contributed by atoms with Crippen molar-refractivity contribution in [2.45, 2.75) is 25.9 Å². The van der Waals surface area contributed by atoms with E-state index in [1.165, 1.54) is 0 Å². The van der Waals surface area contributed by atoms with Crippen molar-refractivity contribution >= 4 is 0 Å². The van der Waals surface area contributed by atoms with Gasteiger partial charge in [-0.25, -0.2) is 0 Å². The summed E-state index contributed by atoms with van der Waals surface area (Å²) in [5.41, 5.74) is 0.139. The molecule has 1 fully saturated rings. The minimum Gasteiger partial charge on any atom is -0.316 e. The van der Waals surface area contributed by atoms with Crippen LogP contribution >= 0.6 is 0 Å². The number of alkyl halides is 3. The number of nitrogens with zero attached hydrogens (tertiary/aromatic N) is 1. The van der Waals surface area contributed by atoms with Gasteiger partial charge in [0.2, 0.25) is 0 Å². The normalized spacial score (nSPS) is 27.6. The fourth-order valence-electron chi connectivity index (χ4n) is 2.05. The molecule has 0 aromatic rings. The zero-order valence-corrected chi connectivity index (χ0v) is 9.32. The highest BCUT2D eigenvalue weighted by atomic mass is 19.4. The molecule has 1 N–H and O–H groups in total. The van der Waals surface area contributed by atoms with Crippen molar-refractivity contribution in [2.75, 3.05) is 33.2 Å². The highest BCUT2D eigenvalue weighted by Gasteiger charge is 2.31. The van der Waals surface area contributed by atoms with Crippen LogP contribution in [0.5, 0.6) is 0 Å². The summed E-state index contributed by atoms with van der Waals surface area (Å²) in [5.74, 6) is 0. The van der Waals surface area contributed by atoms with Crippen LogP contribution in [-0.4, -0.2) is 44.3 Å². The second kappa shape index (κ2) is 4.70. The van der Waals surface area contributed by atoms with Crippen LogP contribution in [-0.2, 0) is 0 Å². The second-order valence-corrected chi connectivity index (χ2v) is 4.84. The number of hydrogen-bond donors (Lipinski definition) is 1. The Balaban J connectivity index is 2.26. The van der Waals surface area contributed by atoms with Gasteiger partial charge < -0.3 is 10.2 Å². The third-order valence-corrected chi connectivity index (χ3v) is 2.89. The van der Waals surface area contributed by atoms with Crippen LogP contribution in [0.25, 0.3) is 0 Å².